The summed E-state index contributed by atoms with van der Waals surface area (Å²) in [4.78, 5) is 0. The van der Waals surface area contributed by atoms with E-state index in [9.17, 15) is 0 Å². The molecule has 1 heteroatoms. The highest BCUT2D eigenvalue weighted by Gasteiger charge is 2.01. The molecule has 0 amide bonds. The highest BCUT2D eigenvalue weighted by molar-refractivity contribution is 6.11. The van der Waals surface area contributed by atoms with E-state index in [-0.39, 0.29) is 0 Å². The Hall–Kier alpha value is 0.0649. The van der Waals surface area contributed by atoms with E-state index in [4.69, 9.17) is 7.85 Å². The summed E-state index contributed by atoms with van der Waals surface area (Å²) >= 11 is 0. The minimum absolute atomic E-state index is 0.475. The second-order valence-corrected chi connectivity index (χ2v) is 4.81. The van der Waals surface area contributed by atoms with Gasteiger partial charge in [0.2, 0.25) is 0 Å². The lowest BCUT2D eigenvalue weighted by molar-refractivity contribution is 0.547. The average Bonchev–Trinajstić information content (AvgIpc) is 2.24. The lowest BCUT2D eigenvalue weighted by Crippen LogP contribution is -1.93. The number of rotatable bonds is 11. The van der Waals surface area contributed by atoms with Crippen LogP contribution in [-0.4, -0.2) is 7.85 Å². The van der Waals surface area contributed by atoms with Crippen LogP contribution in [-0.2, 0) is 0 Å². The van der Waals surface area contributed by atoms with Crippen LogP contribution >= 0.6 is 0 Å². The van der Waals surface area contributed by atoms with Gasteiger partial charge in [0.15, 0.2) is 0 Å². The van der Waals surface area contributed by atoms with Crippen molar-refractivity contribution in [2.24, 2.45) is 0 Å². The summed E-state index contributed by atoms with van der Waals surface area (Å²) in [5, 5.41) is 0. The second-order valence-electron chi connectivity index (χ2n) is 4.81. The van der Waals surface area contributed by atoms with Crippen LogP contribution in [0.3, 0.4) is 0 Å². The first-order valence-electron chi connectivity index (χ1n) is 7.06. The van der Waals surface area contributed by atoms with Crippen molar-refractivity contribution in [1.82, 2.24) is 0 Å². The van der Waals surface area contributed by atoms with Crippen molar-refractivity contribution < 1.29 is 0 Å². The zero-order valence-electron chi connectivity index (χ0n) is 10.9. The third kappa shape index (κ3) is 12.0. The molecule has 0 rings (SSSR count). The maximum absolute atomic E-state index is 6.07. The Morgan fingerprint density at radius 3 is 1.53 bits per heavy atom. The van der Waals surface area contributed by atoms with Crippen LogP contribution in [0.25, 0.3) is 0 Å². The van der Waals surface area contributed by atoms with E-state index in [2.05, 4.69) is 13.8 Å². The Bertz CT molecular complexity index is 112. The zero-order valence-corrected chi connectivity index (χ0v) is 10.9. The van der Waals surface area contributed by atoms with Crippen molar-refractivity contribution in [2.75, 3.05) is 0 Å². The fourth-order valence-electron chi connectivity index (χ4n) is 1.99. The molecule has 0 saturated heterocycles. The average molecular weight is 208 g/mol. The Morgan fingerprint density at radius 2 is 1.07 bits per heavy atom. The van der Waals surface area contributed by atoms with Gasteiger partial charge in [-0.15, -0.1) is 0 Å². The van der Waals surface area contributed by atoms with Crippen molar-refractivity contribution in [3.63, 3.8) is 0 Å². The Morgan fingerprint density at radius 1 is 0.667 bits per heavy atom. The van der Waals surface area contributed by atoms with E-state index in [1.54, 1.807) is 0 Å². The topological polar surface area (TPSA) is 0 Å². The maximum atomic E-state index is 6.07. The van der Waals surface area contributed by atoms with Gasteiger partial charge in [0.05, 0.1) is 7.85 Å². The van der Waals surface area contributed by atoms with Crippen LogP contribution in [0.5, 0.6) is 0 Å². The van der Waals surface area contributed by atoms with Crippen molar-refractivity contribution in [1.29, 1.82) is 0 Å². The predicted molar refractivity (Wildman–Crippen MR) is 71.6 cm³/mol. The molecule has 1 unspecified atom stereocenters. The van der Waals surface area contributed by atoms with Crippen LogP contribution in [0.1, 0.15) is 84.5 Å². The molecular formula is C14H29B. The molecule has 0 nitrogen and oxygen atoms in total. The van der Waals surface area contributed by atoms with Crippen LogP contribution < -0.4 is 0 Å². The molecule has 0 fully saturated rings. The van der Waals surface area contributed by atoms with Gasteiger partial charge in [-0.05, 0) is 0 Å². The lowest BCUT2D eigenvalue weighted by atomic mass is 9.79. The Kier molecular flexibility index (Phi) is 12.2. The summed E-state index contributed by atoms with van der Waals surface area (Å²) in [6, 6.07) is 0. The van der Waals surface area contributed by atoms with Gasteiger partial charge in [0, 0.05) is 0 Å². The standard InChI is InChI=1S/C14H29B/c1-3-5-7-9-11-13-14(15)12-10-8-6-4-2/h14H,3-13H2,1-2H3. The number of hydrogen-bond donors (Lipinski definition) is 0. The predicted octanol–water partition coefficient (Wildman–Crippen LogP) is 5.27. The van der Waals surface area contributed by atoms with E-state index in [0.717, 1.165) is 0 Å². The Balaban J connectivity index is 3.08. The van der Waals surface area contributed by atoms with Gasteiger partial charge >= 0.3 is 0 Å². The summed E-state index contributed by atoms with van der Waals surface area (Å²) in [5.74, 6) is 0.475. The summed E-state index contributed by atoms with van der Waals surface area (Å²) in [6.07, 6.45) is 14.8. The van der Waals surface area contributed by atoms with Gasteiger partial charge in [-0.25, -0.2) is 0 Å². The molecule has 0 aliphatic heterocycles. The summed E-state index contributed by atoms with van der Waals surface area (Å²) in [5.41, 5.74) is 0. The molecule has 0 spiro atoms. The van der Waals surface area contributed by atoms with E-state index in [1.165, 1.54) is 70.6 Å². The van der Waals surface area contributed by atoms with Gasteiger partial charge in [0.1, 0.15) is 0 Å². The lowest BCUT2D eigenvalue weighted by Gasteiger charge is -2.10. The molecule has 0 aromatic rings. The normalized spacial score (nSPS) is 12.9. The third-order valence-corrected chi connectivity index (χ3v) is 3.11. The first-order chi connectivity index (χ1) is 7.31. The smallest absolute Gasteiger partial charge is 0.0699 e. The van der Waals surface area contributed by atoms with Crippen LogP contribution in [0.4, 0.5) is 0 Å². The molecular weight excluding hydrogens is 179 g/mol. The molecule has 0 aliphatic carbocycles. The summed E-state index contributed by atoms with van der Waals surface area (Å²) in [7, 11) is 6.07. The summed E-state index contributed by atoms with van der Waals surface area (Å²) < 4.78 is 0. The second kappa shape index (κ2) is 12.1. The van der Waals surface area contributed by atoms with E-state index >= 15 is 0 Å². The largest absolute Gasteiger partial charge is 0.0774 e. The maximum Gasteiger partial charge on any atom is 0.0699 e. The zero-order chi connectivity index (χ0) is 11.4. The molecule has 0 aliphatic rings. The van der Waals surface area contributed by atoms with Crippen molar-refractivity contribution in [3.05, 3.63) is 0 Å². The van der Waals surface area contributed by atoms with Crippen molar-refractivity contribution in [3.8, 4) is 0 Å². The number of hydrogen-bond acceptors (Lipinski definition) is 0. The molecule has 0 saturated carbocycles. The van der Waals surface area contributed by atoms with Gasteiger partial charge in [0.25, 0.3) is 0 Å². The van der Waals surface area contributed by atoms with E-state index in [0.29, 0.717) is 5.82 Å². The van der Waals surface area contributed by atoms with E-state index < -0.39 is 0 Å². The van der Waals surface area contributed by atoms with Crippen LogP contribution in [0.2, 0.25) is 5.82 Å². The minimum Gasteiger partial charge on any atom is -0.0774 e. The van der Waals surface area contributed by atoms with Crippen LogP contribution in [0, 0.1) is 0 Å². The van der Waals surface area contributed by atoms with Gasteiger partial charge < -0.3 is 0 Å². The van der Waals surface area contributed by atoms with E-state index in [1.807, 2.05) is 0 Å². The van der Waals surface area contributed by atoms with Crippen LogP contribution in [0.15, 0.2) is 0 Å². The molecule has 0 aromatic carbocycles. The highest BCUT2D eigenvalue weighted by atomic mass is 14.0. The summed E-state index contributed by atoms with van der Waals surface area (Å²) in [6.45, 7) is 4.52. The van der Waals surface area contributed by atoms with Gasteiger partial charge in [-0.2, -0.15) is 0 Å². The SMILES string of the molecule is [B]C(CCCCCC)CCCCCCC. The van der Waals surface area contributed by atoms with Gasteiger partial charge in [-0.3, -0.25) is 0 Å². The molecule has 0 heterocycles. The monoisotopic (exact) mass is 208 g/mol. The molecule has 2 radical (unpaired) electrons. The molecule has 0 aromatic heterocycles. The molecule has 0 bridgehead atoms. The molecule has 88 valence electrons. The molecule has 15 heavy (non-hydrogen) atoms. The Labute approximate surface area is 98.6 Å². The molecule has 1 atom stereocenters. The minimum atomic E-state index is 0.475. The fraction of sp³-hybridized carbons (Fsp3) is 1.00. The van der Waals surface area contributed by atoms with Crippen molar-refractivity contribution >= 4 is 7.85 Å². The first kappa shape index (κ1) is 15.1. The molecule has 0 N–H and O–H groups in total. The number of unbranched alkanes of at least 4 members (excludes halogenated alkanes) is 7. The van der Waals surface area contributed by atoms with Crippen molar-refractivity contribution in [2.45, 2.75) is 90.3 Å². The quantitative estimate of drug-likeness (QED) is 0.320. The first-order valence-corrected chi connectivity index (χ1v) is 7.06. The van der Waals surface area contributed by atoms with Gasteiger partial charge in [-0.1, -0.05) is 90.3 Å². The highest BCUT2D eigenvalue weighted by Crippen LogP contribution is 2.20. The fourth-order valence-corrected chi connectivity index (χ4v) is 1.99. The third-order valence-electron chi connectivity index (χ3n) is 3.11.